The Morgan fingerprint density at radius 2 is 1.94 bits per heavy atom. The Hall–Kier alpha value is -2.68. The van der Waals surface area contributed by atoms with Gasteiger partial charge in [-0.3, -0.25) is 9.78 Å². The summed E-state index contributed by atoms with van der Waals surface area (Å²) < 4.78 is 0. The minimum Gasteiger partial charge on any atom is -0.313 e. The number of aromatic nitrogens is 4. The van der Waals surface area contributed by atoms with Crippen LogP contribution in [-0.4, -0.2) is 19.9 Å². The SMILES string of the molecule is CC#Cc1c[nH]c(=O)[nH]c1=O.c1cncnc1. The smallest absolute Gasteiger partial charge is 0.313 e. The lowest BCUT2D eigenvalue weighted by Crippen LogP contribution is -2.23. The van der Waals surface area contributed by atoms with Gasteiger partial charge in [0.2, 0.25) is 0 Å². The van der Waals surface area contributed by atoms with Crippen molar-refractivity contribution in [3.8, 4) is 11.8 Å². The van der Waals surface area contributed by atoms with Crippen LogP contribution in [0.2, 0.25) is 0 Å². The van der Waals surface area contributed by atoms with Crippen LogP contribution >= 0.6 is 0 Å². The minimum atomic E-state index is -0.517. The Kier molecular flexibility index (Phi) is 4.91. The molecule has 0 spiro atoms. The molecule has 0 radical (unpaired) electrons. The second-order valence-electron chi connectivity index (χ2n) is 2.76. The number of rotatable bonds is 0. The summed E-state index contributed by atoms with van der Waals surface area (Å²) in [5, 5.41) is 0. The summed E-state index contributed by atoms with van der Waals surface area (Å²) in [7, 11) is 0. The molecule has 0 aromatic carbocycles. The summed E-state index contributed by atoms with van der Waals surface area (Å²) in [6.45, 7) is 1.62. The predicted molar refractivity (Wildman–Crippen MR) is 62.3 cm³/mol. The average molecular weight is 230 g/mol. The summed E-state index contributed by atoms with van der Waals surface area (Å²) >= 11 is 0. The standard InChI is InChI=1S/C7H6N2O2.C4H4N2/c1-2-3-5-4-8-7(11)9-6(5)10;1-2-5-4-6-3-1/h4H,1H3,(H2,8,9,10,11);1-4H. The van der Waals surface area contributed by atoms with Crippen molar-refractivity contribution in [1.29, 1.82) is 0 Å². The number of nitrogens with zero attached hydrogens (tertiary/aromatic N) is 2. The highest BCUT2D eigenvalue weighted by molar-refractivity contribution is 5.28. The van der Waals surface area contributed by atoms with Crippen molar-refractivity contribution in [3.63, 3.8) is 0 Å². The van der Waals surface area contributed by atoms with Crippen LogP contribution in [0.25, 0.3) is 0 Å². The molecular weight excluding hydrogens is 220 g/mol. The highest BCUT2D eigenvalue weighted by Crippen LogP contribution is 1.76. The lowest BCUT2D eigenvalue weighted by Gasteiger charge is -1.84. The van der Waals surface area contributed by atoms with Gasteiger partial charge in [0.15, 0.2) is 0 Å². The lowest BCUT2D eigenvalue weighted by molar-refractivity contribution is 1.03. The maximum Gasteiger partial charge on any atom is 0.325 e. The van der Waals surface area contributed by atoms with Crippen molar-refractivity contribution in [2.45, 2.75) is 6.92 Å². The fourth-order valence-corrected chi connectivity index (χ4v) is 0.891. The minimum absolute atomic E-state index is 0.270. The molecule has 2 heterocycles. The van der Waals surface area contributed by atoms with Crippen molar-refractivity contribution < 1.29 is 0 Å². The zero-order chi connectivity index (χ0) is 12.5. The third kappa shape index (κ3) is 4.57. The van der Waals surface area contributed by atoms with E-state index in [-0.39, 0.29) is 5.56 Å². The number of H-pyrrole nitrogens is 2. The van der Waals surface area contributed by atoms with Crippen molar-refractivity contribution in [2.75, 3.05) is 0 Å². The van der Waals surface area contributed by atoms with Crippen LogP contribution in [0.5, 0.6) is 0 Å². The zero-order valence-electron chi connectivity index (χ0n) is 9.10. The number of hydrogen-bond acceptors (Lipinski definition) is 4. The number of aromatic amines is 2. The maximum absolute atomic E-state index is 10.9. The fourth-order valence-electron chi connectivity index (χ4n) is 0.891. The molecule has 6 nitrogen and oxygen atoms in total. The van der Waals surface area contributed by atoms with Gasteiger partial charge in [0.25, 0.3) is 5.56 Å². The molecule has 2 aromatic heterocycles. The van der Waals surface area contributed by atoms with E-state index in [1.54, 1.807) is 25.4 Å². The molecule has 86 valence electrons. The highest BCUT2D eigenvalue weighted by atomic mass is 16.2. The highest BCUT2D eigenvalue weighted by Gasteiger charge is 1.92. The molecule has 6 heteroatoms. The number of nitrogens with one attached hydrogen (secondary N) is 2. The molecule has 0 unspecified atom stereocenters. The lowest BCUT2D eigenvalue weighted by atomic mass is 10.3. The molecule has 0 atom stereocenters. The molecule has 2 rings (SSSR count). The predicted octanol–water partition coefficient (Wildman–Crippen LogP) is -0.0888. The Morgan fingerprint density at radius 1 is 1.24 bits per heavy atom. The molecule has 0 fully saturated rings. The van der Waals surface area contributed by atoms with E-state index in [9.17, 15) is 9.59 Å². The van der Waals surface area contributed by atoms with Gasteiger partial charge in [-0.05, 0) is 13.0 Å². The van der Waals surface area contributed by atoms with E-state index in [1.165, 1.54) is 12.5 Å². The van der Waals surface area contributed by atoms with Gasteiger partial charge in [0.1, 0.15) is 11.9 Å². The van der Waals surface area contributed by atoms with E-state index >= 15 is 0 Å². The molecule has 2 aromatic rings. The van der Waals surface area contributed by atoms with Gasteiger partial charge >= 0.3 is 5.69 Å². The molecule has 0 amide bonds. The Morgan fingerprint density at radius 3 is 2.35 bits per heavy atom. The summed E-state index contributed by atoms with van der Waals surface area (Å²) in [5.41, 5.74) is -0.702. The van der Waals surface area contributed by atoms with Crippen LogP contribution in [0, 0.1) is 11.8 Å². The van der Waals surface area contributed by atoms with Crippen molar-refractivity contribution in [2.24, 2.45) is 0 Å². The van der Waals surface area contributed by atoms with Gasteiger partial charge in [0, 0.05) is 18.6 Å². The molecule has 0 saturated carbocycles. The zero-order valence-corrected chi connectivity index (χ0v) is 9.10. The Bertz CT molecular complexity index is 593. The largest absolute Gasteiger partial charge is 0.325 e. The summed E-state index contributed by atoms with van der Waals surface area (Å²) in [4.78, 5) is 33.1. The van der Waals surface area contributed by atoms with Crippen LogP contribution in [0.1, 0.15) is 12.5 Å². The van der Waals surface area contributed by atoms with E-state index in [0.29, 0.717) is 0 Å². The third-order valence-electron chi connectivity index (χ3n) is 1.56. The van der Waals surface area contributed by atoms with Gasteiger partial charge in [-0.1, -0.05) is 5.92 Å². The second kappa shape index (κ2) is 6.74. The van der Waals surface area contributed by atoms with Crippen LogP contribution in [-0.2, 0) is 0 Å². The summed E-state index contributed by atoms with van der Waals surface area (Å²) in [6, 6.07) is 1.78. The van der Waals surface area contributed by atoms with Crippen LogP contribution in [0.3, 0.4) is 0 Å². The van der Waals surface area contributed by atoms with Gasteiger partial charge in [0.05, 0.1) is 0 Å². The Balaban J connectivity index is 0.000000202. The maximum atomic E-state index is 10.9. The Labute approximate surface area is 96.8 Å². The van der Waals surface area contributed by atoms with Crippen LogP contribution < -0.4 is 11.2 Å². The first-order valence-electron chi connectivity index (χ1n) is 4.69. The second-order valence-corrected chi connectivity index (χ2v) is 2.76. The topological polar surface area (TPSA) is 91.5 Å². The van der Waals surface area contributed by atoms with Crippen LogP contribution in [0.15, 0.2) is 40.6 Å². The van der Waals surface area contributed by atoms with E-state index in [0.717, 1.165) is 0 Å². The fraction of sp³-hybridized carbons (Fsp3) is 0.0909. The van der Waals surface area contributed by atoms with Gasteiger partial charge in [-0.15, -0.1) is 5.92 Å². The first kappa shape index (κ1) is 12.4. The summed E-state index contributed by atoms with van der Waals surface area (Å²) in [6.07, 6.45) is 6.16. The molecule has 0 aliphatic carbocycles. The molecular formula is C11H10N4O2. The van der Waals surface area contributed by atoms with Crippen LogP contribution in [0.4, 0.5) is 0 Å². The quantitative estimate of drug-likeness (QED) is 0.619. The molecule has 0 aliphatic rings. The van der Waals surface area contributed by atoms with Gasteiger partial charge in [-0.25, -0.2) is 14.8 Å². The average Bonchev–Trinajstić information content (AvgIpc) is 2.36. The third-order valence-corrected chi connectivity index (χ3v) is 1.56. The summed E-state index contributed by atoms with van der Waals surface area (Å²) in [5.74, 6) is 5.09. The van der Waals surface area contributed by atoms with Gasteiger partial charge in [-0.2, -0.15) is 0 Å². The first-order valence-corrected chi connectivity index (χ1v) is 4.69. The van der Waals surface area contributed by atoms with E-state index in [1.807, 2.05) is 0 Å². The first-order chi connectivity index (χ1) is 8.24. The molecule has 0 bridgehead atoms. The molecule has 0 saturated heterocycles. The van der Waals surface area contributed by atoms with Crippen molar-refractivity contribution in [1.82, 2.24) is 19.9 Å². The number of hydrogen-bond donors (Lipinski definition) is 2. The van der Waals surface area contributed by atoms with Gasteiger partial charge < -0.3 is 4.98 Å². The monoisotopic (exact) mass is 230 g/mol. The molecule has 2 N–H and O–H groups in total. The van der Waals surface area contributed by atoms with E-state index < -0.39 is 11.2 Å². The van der Waals surface area contributed by atoms with E-state index in [2.05, 4.69) is 31.8 Å². The molecule has 0 aliphatic heterocycles. The van der Waals surface area contributed by atoms with Crippen molar-refractivity contribution in [3.05, 3.63) is 57.4 Å². The molecule has 17 heavy (non-hydrogen) atoms. The normalized spacial score (nSPS) is 8.29. The van der Waals surface area contributed by atoms with E-state index in [4.69, 9.17) is 0 Å². The van der Waals surface area contributed by atoms with Crippen molar-refractivity contribution >= 4 is 0 Å².